The third-order valence-corrected chi connectivity index (χ3v) is 8.03. The van der Waals surface area contributed by atoms with Gasteiger partial charge < -0.3 is 41.1 Å². The summed E-state index contributed by atoms with van der Waals surface area (Å²) in [5.74, 6) is 0.00755. The lowest BCUT2D eigenvalue weighted by Crippen LogP contribution is -2.44. The molecule has 12 nitrogen and oxygen atoms in total. The third kappa shape index (κ3) is 11.9. The number of anilines is 2. The van der Waals surface area contributed by atoms with Gasteiger partial charge in [-0.3, -0.25) is 10.1 Å². The Morgan fingerprint density at radius 1 is 0.894 bits per heavy atom. The molecule has 0 aliphatic carbocycles. The maximum Gasteiger partial charge on any atom is 0.411 e. The topological polar surface area (TPSA) is 164 Å². The number of rotatable bonds is 17. The summed E-state index contributed by atoms with van der Waals surface area (Å²) in [5.41, 5.74) is 3.58. The van der Waals surface area contributed by atoms with Crippen molar-refractivity contribution in [2.75, 3.05) is 56.4 Å². The molecule has 4 amide bonds. The van der Waals surface area contributed by atoms with Gasteiger partial charge in [-0.15, -0.1) is 0 Å². The minimum absolute atomic E-state index is 0.00755. The molecule has 7 N–H and O–H groups in total. The van der Waals surface area contributed by atoms with E-state index in [9.17, 15) is 24.6 Å². The Morgan fingerprint density at radius 2 is 1.62 bits per heavy atom. The van der Waals surface area contributed by atoms with E-state index in [1.165, 1.54) is 12.1 Å². The molecule has 0 aromatic heterocycles. The summed E-state index contributed by atoms with van der Waals surface area (Å²) in [6.45, 7) is 4.42. The summed E-state index contributed by atoms with van der Waals surface area (Å²) >= 11 is 0. The van der Waals surface area contributed by atoms with Crippen molar-refractivity contribution in [2.24, 2.45) is 0 Å². The lowest BCUT2D eigenvalue weighted by molar-refractivity contribution is -0.105. The zero-order valence-corrected chi connectivity index (χ0v) is 26.6. The highest BCUT2D eigenvalue weighted by atomic mass is 16.6. The molecule has 1 aliphatic rings. The summed E-state index contributed by atoms with van der Waals surface area (Å²) in [6, 6.07) is 21.8. The summed E-state index contributed by atoms with van der Waals surface area (Å²) in [7, 11) is 0. The van der Waals surface area contributed by atoms with E-state index in [1.807, 2.05) is 54.6 Å². The fourth-order valence-electron chi connectivity index (χ4n) is 5.52. The number of aliphatic hydroxyl groups is 1. The number of para-hydroxylation sites is 1. The van der Waals surface area contributed by atoms with Crippen LogP contribution in [0.15, 0.2) is 72.8 Å². The molecule has 0 bridgehead atoms. The predicted molar refractivity (Wildman–Crippen MR) is 182 cm³/mol. The maximum atomic E-state index is 12.6. The van der Waals surface area contributed by atoms with E-state index in [0.29, 0.717) is 49.5 Å². The zero-order chi connectivity index (χ0) is 33.3. The Labute approximate surface area is 275 Å². The van der Waals surface area contributed by atoms with Crippen molar-refractivity contribution < 1.29 is 29.3 Å². The highest BCUT2D eigenvalue weighted by Gasteiger charge is 2.22. The molecule has 4 rings (SSSR count). The first kappa shape index (κ1) is 35.2. The lowest BCUT2D eigenvalue weighted by atomic mass is 10.0. The van der Waals surface area contributed by atoms with E-state index >= 15 is 0 Å². The summed E-state index contributed by atoms with van der Waals surface area (Å²) < 4.78 is 5.72. The number of nitrogens with one attached hydrogen (secondary N) is 5. The summed E-state index contributed by atoms with van der Waals surface area (Å²) in [5, 5.41) is 34.4. The number of unbranched alkanes of at least 4 members (excludes halogenated alkanes) is 2. The highest BCUT2D eigenvalue weighted by molar-refractivity contribution is 5.91. The molecule has 3 aromatic rings. The van der Waals surface area contributed by atoms with E-state index in [-0.39, 0.29) is 17.9 Å². The van der Waals surface area contributed by atoms with Gasteiger partial charge in [-0.05, 0) is 49.9 Å². The number of hydrogen-bond acceptors (Lipinski definition) is 8. The monoisotopic (exact) mass is 646 g/mol. The second kappa shape index (κ2) is 19.1. The molecule has 12 heteroatoms. The average molecular weight is 647 g/mol. The maximum absolute atomic E-state index is 12.6. The van der Waals surface area contributed by atoms with E-state index in [2.05, 4.69) is 31.5 Å². The van der Waals surface area contributed by atoms with E-state index in [4.69, 9.17) is 4.74 Å². The smallest absolute Gasteiger partial charge is 0.411 e. The number of phenols is 1. The number of urea groups is 1. The Kier molecular flexibility index (Phi) is 14.3. The van der Waals surface area contributed by atoms with Crippen LogP contribution in [0.3, 0.4) is 0 Å². The van der Waals surface area contributed by atoms with Crippen LogP contribution in [0.1, 0.15) is 43.8 Å². The highest BCUT2D eigenvalue weighted by Crippen LogP contribution is 2.28. The van der Waals surface area contributed by atoms with Gasteiger partial charge in [0.2, 0.25) is 6.41 Å². The van der Waals surface area contributed by atoms with Crippen LogP contribution in [0.5, 0.6) is 5.75 Å². The van der Waals surface area contributed by atoms with E-state index in [0.717, 1.165) is 62.9 Å². The molecular weight excluding hydrogens is 600 g/mol. The van der Waals surface area contributed by atoms with Crippen LogP contribution >= 0.6 is 0 Å². The van der Waals surface area contributed by atoms with Gasteiger partial charge in [0.1, 0.15) is 11.9 Å². The molecule has 1 aliphatic heterocycles. The molecule has 3 aromatic carbocycles. The SMILES string of the molecule is O=CNc1cc(O)ccc1[C@@H](O)CNCCCCCNC(=O)NCCN1CCC(OC(=O)Nc2ccccc2-c2ccccc2)CC1. The average Bonchev–Trinajstić information content (AvgIpc) is 3.07. The Bertz CT molecular complexity index is 1420. The van der Waals surface area contributed by atoms with Crippen LogP contribution in [0.4, 0.5) is 21.0 Å². The Balaban J connectivity index is 1.00. The van der Waals surface area contributed by atoms with Crippen LogP contribution in [-0.2, 0) is 9.53 Å². The number of piperidine rings is 1. The van der Waals surface area contributed by atoms with Crippen molar-refractivity contribution in [1.29, 1.82) is 0 Å². The molecule has 47 heavy (non-hydrogen) atoms. The van der Waals surface area contributed by atoms with Crippen LogP contribution in [-0.4, -0.2) is 85.6 Å². The number of carbonyl (C=O) groups is 3. The van der Waals surface area contributed by atoms with Gasteiger partial charge in [0, 0.05) is 62.1 Å². The van der Waals surface area contributed by atoms with E-state index < -0.39 is 12.2 Å². The second-order valence-corrected chi connectivity index (χ2v) is 11.5. The van der Waals surface area contributed by atoms with Crippen LogP contribution in [0.25, 0.3) is 11.1 Å². The van der Waals surface area contributed by atoms with Gasteiger partial charge >= 0.3 is 12.1 Å². The number of likely N-dealkylation sites (tertiary alicyclic amines) is 1. The Hall–Kier alpha value is -4.65. The number of aliphatic hydroxyl groups excluding tert-OH is 1. The largest absolute Gasteiger partial charge is 0.508 e. The molecule has 0 saturated carbocycles. The van der Waals surface area contributed by atoms with E-state index in [1.54, 1.807) is 6.07 Å². The molecule has 0 radical (unpaired) electrons. The number of benzene rings is 3. The first-order valence-electron chi connectivity index (χ1n) is 16.2. The predicted octanol–water partition coefficient (Wildman–Crippen LogP) is 4.43. The molecule has 0 unspecified atom stereocenters. The van der Waals surface area contributed by atoms with Crippen molar-refractivity contribution in [3.05, 3.63) is 78.4 Å². The quantitative estimate of drug-likeness (QED) is 0.0836. The number of amides is 4. The fraction of sp³-hybridized carbons (Fsp3) is 0.400. The fourth-order valence-corrected chi connectivity index (χ4v) is 5.52. The van der Waals surface area contributed by atoms with Gasteiger partial charge in [0.05, 0.1) is 11.8 Å². The third-order valence-electron chi connectivity index (χ3n) is 8.03. The molecule has 1 saturated heterocycles. The number of ether oxygens (including phenoxy) is 1. The van der Waals surface area contributed by atoms with Gasteiger partial charge in [-0.2, -0.15) is 0 Å². The summed E-state index contributed by atoms with van der Waals surface area (Å²) in [6.07, 6.45) is 3.18. The number of aromatic hydroxyl groups is 1. The minimum Gasteiger partial charge on any atom is -0.508 e. The normalized spacial score (nSPS) is 14.1. The number of carbonyl (C=O) groups excluding carboxylic acids is 3. The van der Waals surface area contributed by atoms with Gasteiger partial charge in [0.15, 0.2) is 0 Å². The first-order chi connectivity index (χ1) is 22.9. The Morgan fingerprint density at radius 3 is 2.40 bits per heavy atom. The standard InChI is InChI=1S/C35H46N6O6/c42-25-39-32-23-27(43)13-14-30(32)33(44)24-36-17-7-2-8-18-37-34(45)38-19-22-41-20-15-28(16-21-41)47-35(46)40-31-12-6-5-11-29(31)26-9-3-1-4-10-26/h1,3-6,9-14,23,25,28,33,36,43-44H,2,7-8,15-22,24H2,(H,39,42)(H,40,46)(H2,37,38,45)/t33-/m0/s1. The molecule has 252 valence electrons. The molecular formula is C35H46N6O6. The first-order valence-corrected chi connectivity index (χ1v) is 16.2. The lowest BCUT2D eigenvalue weighted by Gasteiger charge is -2.31. The van der Waals surface area contributed by atoms with Gasteiger partial charge in [-0.1, -0.05) is 61.0 Å². The van der Waals surface area contributed by atoms with Crippen molar-refractivity contribution in [3.63, 3.8) is 0 Å². The molecule has 1 fully saturated rings. The minimum atomic E-state index is -0.830. The van der Waals surface area contributed by atoms with Crippen molar-refractivity contribution in [3.8, 4) is 16.9 Å². The van der Waals surface area contributed by atoms with Crippen LogP contribution in [0.2, 0.25) is 0 Å². The van der Waals surface area contributed by atoms with Crippen molar-refractivity contribution in [2.45, 2.75) is 44.3 Å². The summed E-state index contributed by atoms with van der Waals surface area (Å²) in [4.78, 5) is 37.9. The zero-order valence-electron chi connectivity index (χ0n) is 26.6. The molecule has 1 heterocycles. The van der Waals surface area contributed by atoms with Crippen molar-refractivity contribution in [1.82, 2.24) is 20.9 Å². The van der Waals surface area contributed by atoms with Gasteiger partial charge in [0.25, 0.3) is 0 Å². The molecule has 1 atom stereocenters. The number of hydrogen-bond donors (Lipinski definition) is 7. The molecule has 0 spiro atoms. The van der Waals surface area contributed by atoms with Crippen LogP contribution < -0.4 is 26.6 Å². The van der Waals surface area contributed by atoms with Gasteiger partial charge in [-0.25, -0.2) is 9.59 Å². The number of nitrogens with zero attached hydrogens (tertiary/aromatic N) is 1. The second-order valence-electron chi connectivity index (χ2n) is 11.5. The van der Waals surface area contributed by atoms with Crippen LogP contribution in [0, 0.1) is 0 Å². The van der Waals surface area contributed by atoms with Crippen molar-refractivity contribution >= 4 is 29.9 Å². The number of phenolic OH excluding ortho intramolecular Hbond substituents is 1.